The summed E-state index contributed by atoms with van der Waals surface area (Å²) in [6.45, 7) is 8.05. The third-order valence-corrected chi connectivity index (χ3v) is 3.20. The second-order valence-corrected chi connectivity index (χ2v) is 4.80. The Hall–Kier alpha value is -1.22. The number of fused-ring (bicyclic) bond motifs is 1. The molecule has 18 heavy (non-hydrogen) atoms. The van der Waals surface area contributed by atoms with E-state index < -0.39 is 0 Å². The van der Waals surface area contributed by atoms with Crippen molar-refractivity contribution in [1.29, 1.82) is 0 Å². The molecule has 2 atom stereocenters. The molecular weight excluding hydrogens is 226 g/mol. The van der Waals surface area contributed by atoms with E-state index >= 15 is 0 Å². The molecule has 0 aliphatic carbocycles. The van der Waals surface area contributed by atoms with Gasteiger partial charge in [-0.2, -0.15) is 0 Å². The van der Waals surface area contributed by atoms with Crippen LogP contribution >= 0.6 is 0 Å². The summed E-state index contributed by atoms with van der Waals surface area (Å²) < 4.78 is 11.4. The third-order valence-electron chi connectivity index (χ3n) is 3.20. The first kappa shape index (κ1) is 13.2. The molecule has 1 heterocycles. The van der Waals surface area contributed by atoms with E-state index in [1.807, 2.05) is 19.1 Å². The Bertz CT molecular complexity index is 392. The van der Waals surface area contributed by atoms with Crippen molar-refractivity contribution in [3.8, 4) is 11.5 Å². The predicted octanol–water partition coefficient (Wildman–Crippen LogP) is 3.30. The maximum absolute atomic E-state index is 5.88. The Balaban J connectivity index is 2.22. The summed E-state index contributed by atoms with van der Waals surface area (Å²) in [4.78, 5) is 0. The topological polar surface area (TPSA) is 30.5 Å². The number of nitrogens with one attached hydrogen (secondary N) is 1. The van der Waals surface area contributed by atoms with Gasteiger partial charge in [0.15, 0.2) is 0 Å². The summed E-state index contributed by atoms with van der Waals surface area (Å²) in [6, 6.07) is 6.50. The van der Waals surface area contributed by atoms with Crippen LogP contribution in [0.15, 0.2) is 18.2 Å². The minimum absolute atomic E-state index is 0.268. The predicted molar refractivity (Wildman–Crippen MR) is 73.4 cm³/mol. The van der Waals surface area contributed by atoms with E-state index in [1.54, 1.807) is 0 Å². The Kier molecular flexibility index (Phi) is 4.48. The van der Waals surface area contributed by atoms with Gasteiger partial charge in [-0.25, -0.2) is 0 Å². The number of hydrogen-bond donors (Lipinski definition) is 1. The van der Waals surface area contributed by atoms with Crippen LogP contribution < -0.4 is 14.8 Å². The molecule has 0 amide bonds. The van der Waals surface area contributed by atoms with Gasteiger partial charge in [-0.15, -0.1) is 0 Å². The molecule has 1 aromatic rings. The average molecular weight is 249 g/mol. The third kappa shape index (κ3) is 2.96. The second kappa shape index (κ2) is 6.10. The van der Waals surface area contributed by atoms with Crippen molar-refractivity contribution in [2.24, 2.45) is 0 Å². The zero-order chi connectivity index (χ0) is 13.0. The van der Waals surface area contributed by atoms with Crippen molar-refractivity contribution in [1.82, 2.24) is 5.32 Å². The SMILES string of the molecule is CCCNC1CC(C)Oc2ccc(OCC)cc21. The zero-order valence-electron chi connectivity index (χ0n) is 11.5. The van der Waals surface area contributed by atoms with Crippen molar-refractivity contribution < 1.29 is 9.47 Å². The highest BCUT2D eigenvalue weighted by Gasteiger charge is 2.25. The first-order chi connectivity index (χ1) is 8.74. The lowest BCUT2D eigenvalue weighted by Gasteiger charge is -2.31. The Morgan fingerprint density at radius 3 is 2.94 bits per heavy atom. The maximum atomic E-state index is 5.88. The van der Waals surface area contributed by atoms with Crippen LogP contribution in [0.1, 0.15) is 45.2 Å². The van der Waals surface area contributed by atoms with Gasteiger partial charge in [0, 0.05) is 18.0 Å². The van der Waals surface area contributed by atoms with E-state index in [4.69, 9.17) is 9.47 Å². The minimum atomic E-state index is 0.268. The molecule has 1 aliphatic rings. The van der Waals surface area contributed by atoms with Crippen molar-refractivity contribution in [2.75, 3.05) is 13.2 Å². The fourth-order valence-corrected chi connectivity index (χ4v) is 2.40. The summed E-state index contributed by atoms with van der Waals surface area (Å²) in [6.07, 6.45) is 2.43. The zero-order valence-corrected chi connectivity index (χ0v) is 11.5. The van der Waals surface area contributed by atoms with Gasteiger partial charge in [0.25, 0.3) is 0 Å². The van der Waals surface area contributed by atoms with E-state index in [0.29, 0.717) is 12.6 Å². The molecule has 1 aliphatic heterocycles. The lowest BCUT2D eigenvalue weighted by Crippen LogP contribution is -2.31. The highest BCUT2D eigenvalue weighted by atomic mass is 16.5. The molecule has 2 rings (SSSR count). The van der Waals surface area contributed by atoms with Crippen LogP contribution in [0.2, 0.25) is 0 Å². The monoisotopic (exact) mass is 249 g/mol. The highest BCUT2D eigenvalue weighted by molar-refractivity contribution is 5.43. The van der Waals surface area contributed by atoms with Gasteiger partial charge in [-0.05, 0) is 45.0 Å². The number of hydrogen-bond acceptors (Lipinski definition) is 3. The Morgan fingerprint density at radius 1 is 1.39 bits per heavy atom. The fourth-order valence-electron chi connectivity index (χ4n) is 2.40. The molecule has 0 bridgehead atoms. The number of rotatable bonds is 5. The molecule has 3 heteroatoms. The van der Waals surface area contributed by atoms with Crippen molar-refractivity contribution in [2.45, 2.75) is 45.8 Å². The smallest absolute Gasteiger partial charge is 0.124 e. The molecule has 0 saturated carbocycles. The average Bonchev–Trinajstić information content (AvgIpc) is 2.36. The van der Waals surface area contributed by atoms with E-state index in [2.05, 4.69) is 25.2 Å². The van der Waals surface area contributed by atoms with E-state index in [1.165, 1.54) is 5.56 Å². The van der Waals surface area contributed by atoms with E-state index in [0.717, 1.165) is 30.9 Å². The number of benzene rings is 1. The molecular formula is C15H23NO2. The van der Waals surface area contributed by atoms with Gasteiger partial charge in [0.2, 0.25) is 0 Å². The highest BCUT2D eigenvalue weighted by Crippen LogP contribution is 2.37. The van der Waals surface area contributed by atoms with E-state index in [9.17, 15) is 0 Å². The summed E-state index contributed by atoms with van der Waals surface area (Å²) in [5, 5.41) is 3.59. The molecule has 2 unspecified atom stereocenters. The second-order valence-electron chi connectivity index (χ2n) is 4.80. The fraction of sp³-hybridized carbons (Fsp3) is 0.600. The minimum Gasteiger partial charge on any atom is -0.494 e. The first-order valence-corrected chi connectivity index (χ1v) is 6.91. The van der Waals surface area contributed by atoms with Gasteiger partial charge < -0.3 is 14.8 Å². The molecule has 100 valence electrons. The van der Waals surface area contributed by atoms with Gasteiger partial charge >= 0.3 is 0 Å². The molecule has 1 aromatic carbocycles. The summed E-state index contributed by atoms with van der Waals surface area (Å²) in [5.41, 5.74) is 1.23. The molecule has 1 N–H and O–H groups in total. The van der Waals surface area contributed by atoms with Crippen LogP contribution in [0.4, 0.5) is 0 Å². The summed E-state index contributed by atoms with van der Waals surface area (Å²) in [7, 11) is 0. The lowest BCUT2D eigenvalue weighted by molar-refractivity contribution is 0.166. The molecule has 0 saturated heterocycles. The van der Waals surface area contributed by atoms with E-state index in [-0.39, 0.29) is 6.10 Å². The molecule has 3 nitrogen and oxygen atoms in total. The van der Waals surface area contributed by atoms with Crippen molar-refractivity contribution in [3.63, 3.8) is 0 Å². The Labute approximate surface area is 109 Å². The molecule has 0 spiro atoms. The quantitative estimate of drug-likeness (QED) is 0.868. The molecule has 0 fully saturated rings. The largest absolute Gasteiger partial charge is 0.494 e. The Morgan fingerprint density at radius 2 is 2.22 bits per heavy atom. The first-order valence-electron chi connectivity index (χ1n) is 6.91. The normalized spacial score (nSPS) is 22.2. The van der Waals surface area contributed by atoms with Crippen molar-refractivity contribution in [3.05, 3.63) is 23.8 Å². The summed E-state index contributed by atoms with van der Waals surface area (Å²) >= 11 is 0. The molecule has 0 radical (unpaired) electrons. The lowest BCUT2D eigenvalue weighted by atomic mass is 9.96. The van der Waals surface area contributed by atoms with Gasteiger partial charge in [0.05, 0.1) is 12.7 Å². The van der Waals surface area contributed by atoms with Crippen LogP contribution in [0.25, 0.3) is 0 Å². The summed E-state index contributed by atoms with van der Waals surface area (Å²) in [5.74, 6) is 1.92. The van der Waals surface area contributed by atoms with Crippen LogP contribution in [0.5, 0.6) is 11.5 Å². The van der Waals surface area contributed by atoms with Crippen molar-refractivity contribution >= 4 is 0 Å². The van der Waals surface area contributed by atoms with Gasteiger partial charge in [-0.3, -0.25) is 0 Å². The van der Waals surface area contributed by atoms with Crippen LogP contribution in [0, 0.1) is 0 Å². The van der Waals surface area contributed by atoms with Crippen LogP contribution in [0.3, 0.4) is 0 Å². The van der Waals surface area contributed by atoms with Crippen LogP contribution in [-0.2, 0) is 0 Å². The maximum Gasteiger partial charge on any atom is 0.124 e. The molecule has 0 aromatic heterocycles. The van der Waals surface area contributed by atoms with Gasteiger partial charge in [0.1, 0.15) is 11.5 Å². The standard InChI is InChI=1S/C15H23NO2/c1-4-8-16-14-9-11(3)18-15-7-6-12(17-5-2)10-13(14)15/h6-7,10-11,14,16H,4-5,8-9H2,1-3H3. The van der Waals surface area contributed by atoms with Gasteiger partial charge in [-0.1, -0.05) is 6.92 Å². The number of ether oxygens (including phenoxy) is 2. The van der Waals surface area contributed by atoms with Crippen LogP contribution in [-0.4, -0.2) is 19.3 Å².